The summed E-state index contributed by atoms with van der Waals surface area (Å²) in [6, 6.07) is 0.529. The van der Waals surface area contributed by atoms with Crippen LogP contribution in [0.2, 0.25) is 5.15 Å². The number of carbonyl (C=O) groups is 2. The Morgan fingerprint density at radius 2 is 2.35 bits per heavy atom. The van der Waals surface area contributed by atoms with Gasteiger partial charge in [0.15, 0.2) is 0 Å². The van der Waals surface area contributed by atoms with Crippen LogP contribution in [0.4, 0.5) is 5.69 Å². The summed E-state index contributed by atoms with van der Waals surface area (Å²) in [5.74, 6) is -0.934. The number of pyridine rings is 1. The molecule has 0 bridgehead atoms. The van der Waals surface area contributed by atoms with Crippen molar-refractivity contribution in [3.63, 3.8) is 0 Å². The monoisotopic (exact) mass is 298 g/mol. The number of halogens is 1. The first-order valence-corrected chi connectivity index (χ1v) is 6.14. The molecule has 20 heavy (non-hydrogen) atoms. The first kappa shape index (κ1) is 14.2. The van der Waals surface area contributed by atoms with E-state index in [1.807, 2.05) is 0 Å². The molecule has 1 N–H and O–H groups in total. The van der Waals surface area contributed by atoms with Crippen molar-refractivity contribution in [1.82, 2.24) is 15.2 Å². The van der Waals surface area contributed by atoms with Gasteiger partial charge < -0.3 is 10.2 Å². The van der Waals surface area contributed by atoms with E-state index < -0.39 is 22.6 Å². The summed E-state index contributed by atoms with van der Waals surface area (Å²) in [5.41, 5.74) is -0.775. The molecule has 1 atom stereocenters. The number of rotatable bonds is 3. The van der Waals surface area contributed by atoms with Crippen LogP contribution in [0.15, 0.2) is 12.3 Å². The molecule has 106 valence electrons. The number of likely N-dealkylation sites (N-methyl/N-ethyl adjacent to an activating group) is 1. The minimum atomic E-state index is -0.771. The third kappa shape index (κ3) is 2.55. The predicted molar refractivity (Wildman–Crippen MR) is 69.4 cm³/mol. The van der Waals surface area contributed by atoms with Gasteiger partial charge in [-0.1, -0.05) is 11.6 Å². The maximum absolute atomic E-state index is 12.1. The second-order valence-corrected chi connectivity index (χ2v) is 4.69. The van der Waals surface area contributed by atoms with Crippen LogP contribution in [-0.4, -0.2) is 46.3 Å². The number of carbonyl (C=O) groups excluding carboxylic acids is 2. The molecule has 2 rings (SSSR count). The van der Waals surface area contributed by atoms with Crippen LogP contribution >= 0.6 is 11.6 Å². The number of nitrogens with zero attached hydrogens (tertiary/aromatic N) is 3. The van der Waals surface area contributed by atoms with Crippen molar-refractivity contribution in [2.45, 2.75) is 12.5 Å². The minimum absolute atomic E-state index is 0.211. The highest BCUT2D eigenvalue weighted by Gasteiger charge is 2.32. The van der Waals surface area contributed by atoms with Crippen LogP contribution < -0.4 is 5.32 Å². The average molecular weight is 299 g/mol. The van der Waals surface area contributed by atoms with Crippen molar-refractivity contribution in [2.24, 2.45) is 0 Å². The van der Waals surface area contributed by atoms with Gasteiger partial charge in [0.05, 0.1) is 4.92 Å². The molecule has 1 aliphatic heterocycles. The molecule has 0 radical (unpaired) electrons. The first-order valence-electron chi connectivity index (χ1n) is 5.76. The van der Waals surface area contributed by atoms with Gasteiger partial charge in [-0.15, -0.1) is 0 Å². The van der Waals surface area contributed by atoms with Crippen LogP contribution in [0.5, 0.6) is 0 Å². The molecule has 8 nitrogen and oxygen atoms in total. The molecule has 2 heterocycles. The molecular weight excluding hydrogens is 288 g/mol. The number of hydrogen-bond donors (Lipinski definition) is 1. The Morgan fingerprint density at radius 3 is 2.90 bits per heavy atom. The standard InChI is InChI=1S/C11H11ClN4O4/c1-15-5-3-7(11(15)18)14-10(17)6-2-4-13-9(12)8(6)16(19)20/h2,4,7H,3,5H2,1H3,(H,14,17). The normalized spacial score (nSPS) is 18.2. The Kier molecular flexibility index (Phi) is 3.84. The lowest BCUT2D eigenvalue weighted by atomic mass is 10.2. The molecule has 0 aliphatic carbocycles. The Labute approximate surface area is 118 Å². The summed E-state index contributed by atoms with van der Waals surface area (Å²) in [6.45, 7) is 0.531. The molecule has 1 fully saturated rings. The summed E-state index contributed by atoms with van der Waals surface area (Å²) in [7, 11) is 1.63. The van der Waals surface area contributed by atoms with Crippen LogP contribution in [0.3, 0.4) is 0 Å². The number of nitro groups is 1. The van der Waals surface area contributed by atoms with E-state index in [9.17, 15) is 19.7 Å². The smallest absolute Gasteiger partial charge is 0.319 e. The Bertz CT molecular complexity index is 592. The molecule has 1 unspecified atom stereocenters. The number of likely N-dealkylation sites (tertiary alicyclic amines) is 1. The van der Waals surface area contributed by atoms with E-state index in [1.165, 1.54) is 17.2 Å². The van der Waals surface area contributed by atoms with Gasteiger partial charge in [-0.25, -0.2) is 4.98 Å². The maximum Gasteiger partial charge on any atom is 0.319 e. The quantitative estimate of drug-likeness (QED) is 0.500. The molecule has 0 aromatic carbocycles. The molecule has 1 saturated heterocycles. The van der Waals surface area contributed by atoms with Gasteiger partial charge in [-0.05, 0) is 12.5 Å². The molecule has 1 aliphatic rings. The largest absolute Gasteiger partial charge is 0.344 e. The number of nitrogens with one attached hydrogen (secondary N) is 1. The zero-order chi connectivity index (χ0) is 14.9. The van der Waals surface area contributed by atoms with Gasteiger partial charge in [0.2, 0.25) is 11.1 Å². The van der Waals surface area contributed by atoms with E-state index in [-0.39, 0.29) is 16.6 Å². The van der Waals surface area contributed by atoms with Gasteiger partial charge >= 0.3 is 5.69 Å². The van der Waals surface area contributed by atoms with Crippen molar-refractivity contribution in [3.05, 3.63) is 33.1 Å². The first-order chi connectivity index (χ1) is 9.41. The summed E-state index contributed by atoms with van der Waals surface area (Å²) >= 11 is 5.63. The molecule has 0 saturated carbocycles. The molecule has 1 aromatic heterocycles. The lowest BCUT2D eigenvalue weighted by Gasteiger charge is -2.12. The van der Waals surface area contributed by atoms with Gasteiger partial charge in [-0.3, -0.25) is 19.7 Å². The highest BCUT2D eigenvalue weighted by molar-refractivity contribution is 6.32. The van der Waals surface area contributed by atoms with E-state index in [0.29, 0.717) is 13.0 Å². The Morgan fingerprint density at radius 1 is 1.65 bits per heavy atom. The van der Waals surface area contributed by atoms with E-state index in [0.717, 1.165) is 0 Å². The van der Waals surface area contributed by atoms with Crippen LogP contribution in [-0.2, 0) is 4.79 Å². The van der Waals surface area contributed by atoms with Crippen LogP contribution in [0, 0.1) is 10.1 Å². The summed E-state index contributed by atoms with van der Waals surface area (Å²) in [6.07, 6.45) is 1.67. The highest BCUT2D eigenvalue weighted by Crippen LogP contribution is 2.26. The molecule has 0 spiro atoms. The van der Waals surface area contributed by atoms with E-state index in [2.05, 4.69) is 10.3 Å². The van der Waals surface area contributed by atoms with E-state index >= 15 is 0 Å². The minimum Gasteiger partial charge on any atom is -0.344 e. The summed E-state index contributed by atoms with van der Waals surface area (Å²) in [5, 5.41) is 13.0. The van der Waals surface area contributed by atoms with Gasteiger partial charge in [0.1, 0.15) is 11.6 Å². The van der Waals surface area contributed by atoms with Gasteiger partial charge in [0, 0.05) is 19.8 Å². The number of amides is 2. The second-order valence-electron chi connectivity index (χ2n) is 4.33. The van der Waals surface area contributed by atoms with Crippen molar-refractivity contribution >= 4 is 29.1 Å². The van der Waals surface area contributed by atoms with E-state index in [1.54, 1.807) is 7.05 Å². The molecule has 2 amide bonds. The zero-order valence-electron chi connectivity index (χ0n) is 10.5. The van der Waals surface area contributed by atoms with Crippen molar-refractivity contribution in [1.29, 1.82) is 0 Å². The van der Waals surface area contributed by atoms with Crippen molar-refractivity contribution in [2.75, 3.05) is 13.6 Å². The highest BCUT2D eigenvalue weighted by atomic mass is 35.5. The topological polar surface area (TPSA) is 105 Å². The fourth-order valence-corrected chi connectivity index (χ4v) is 2.20. The van der Waals surface area contributed by atoms with Gasteiger partial charge in [0.25, 0.3) is 5.91 Å². The van der Waals surface area contributed by atoms with Crippen molar-refractivity contribution in [3.8, 4) is 0 Å². The van der Waals surface area contributed by atoms with Crippen molar-refractivity contribution < 1.29 is 14.5 Å². The zero-order valence-corrected chi connectivity index (χ0v) is 11.3. The third-order valence-electron chi connectivity index (χ3n) is 3.04. The van der Waals surface area contributed by atoms with Crippen LogP contribution in [0.25, 0.3) is 0 Å². The summed E-state index contributed by atoms with van der Waals surface area (Å²) < 4.78 is 0. The molecular formula is C11H11ClN4O4. The average Bonchev–Trinajstić information content (AvgIpc) is 2.70. The number of hydrogen-bond acceptors (Lipinski definition) is 5. The van der Waals surface area contributed by atoms with Crippen LogP contribution in [0.1, 0.15) is 16.8 Å². The predicted octanol–water partition coefficient (Wildman–Crippen LogP) is 0.604. The molecule has 1 aromatic rings. The Hall–Kier alpha value is -2.22. The number of aromatic nitrogens is 1. The maximum atomic E-state index is 12.1. The lowest BCUT2D eigenvalue weighted by Crippen LogP contribution is -2.40. The fourth-order valence-electron chi connectivity index (χ4n) is 1.98. The third-order valence-corrected chi connectivity index (χ3v) is 3.32. The SMILES string of the molecule is CN1CCC(NC(=O)c2ccnc(Cl)c2[N+](=O)[O-])C1=O. The Balaban J connectivity index is 2.24. The van der Waals surface area contributed by atoms with E-state index in [4.69, 9.17) is 11.6 Å². The second kappa shape index (κ2) is 5.41. The van der Waals surface area contributed by atoms with Gasteiger partial charge in [-0.2, -0.15) is 0 Å². The summed E-state index contributed by atoms with van der Waals surface area (Å²) in [4.78, 5) is 39.0. The fraction of sp³-hybridized carbons (Fsp3) is 0.364. The molecule has 9 heteroatoms. The lowest BCUT2D eigenvalue weighted by molar-refractivity contribution is -0.385.